The lowest BCUT2D eigenvalue weighted by Gasteiger charge is -2.25. The predicted octanol–water partition coefficient (Wildman–Crippen LogP) is 2.69. The first-order chi connectivity index (χ1) is 14.9. The average Bonchev–Trinajstić information content (AvgIpc) is 3.11. The van der Waals surface area contributed by atoms with Crippen LogP contribution in [0.1, 0.15) is 51.0 Å². The summed E-state index contributed by atoms with van der Waals surface area (Å²) < 4.78 is 8.32. The van der Waals surface area contributed by atoms with Crippen LogP contribution in [0, 0.1) is 0 Å². The maximum Gasteiger partial charge on any atom is 0.415 e. The molecular formula is C21H27N7O4. The monoisotopic (exact) mass is 441 g/mol. The summed E-state index contributed by atoms with van der Waals surface area (Å²) in [5.74, 6) is -0.235. The summed E-state index contributed by atoms with van der Waals surface area (Å²) in [4.78, 5) is 43.0. The Kier molecular flexibility index (Phi) is 5.93. The molecule has 11 heteroatoms. The van der Waals surface area contributed by atoms with E-state index in [1.165, 1.54) is 28.7 Å². The van der Waals surface area contributed by atoms with Gasteiger partial charge in [-0.05, 0) is 46.8 Å². The summed E-state index contributed by atoms with van der Waals surface area (Å²) in [5.41, 5.74) is 4.99. The Balaban J connectivity index is 2.13. The number of amides is 2. The van der Waals surface area contributed by atoms with Crippen LogP contribution in [0.3, 0.4) is 0 Å². The fourth-order valence-electron chi connectivity index (χ4n) is 3.00. The largest absolute Gasteiger partial charge is 0.443 e. The number of nitrogens with zero attached hydrogens (tertiary/aromatic N) is 5. The van der Waals surface area contributed by atoms with Gasteiger partial charge in [-0.1, -0.05) is 0 Å². The number of rotatable bonds is 5. The highest BCUT2D eigenvalue weighted by Crippen LogP contribution is 2.24. The summed E-state index contributed by atoms with van der Waals surface area (Å²) in [7, 11) is 1.51. The third-order valence-electron chi connectivity index (χ3n) is 4.52. The van der Waals surface area contributed by atoms with E-state index in [-0.39, 0.29) is 40.1 Å². The molecule has 0 saturated carbocycles. The van der Waals surface area contributed by atoms with Crippen LogP contribution in [0.2, 0.25) is 0 Å². The minimum atomic E-state index is -0.725. The van der Waals surface area contributed by atoms with Gasteiger partial charge in [0.15, 0.2) is 5.65 Å². The molecule has 0 bridgehead atoms. The Hall–Kier alpha value is -3.89. The Bertz CT molecular complexity index is 1240. The molecule has 0 radical (unpaired) electrons. The molecule has 0 aliphatic carbocycles. The van der Waals surface area contributed by atoms with E-state index in [1.807, 2.05) is 13.8 Å². The van der Waals surface area contributed by atoms with Gasteiger partial charge in [0.2, 0.25) is 0 Å². The van der Waals surface area contributed by atoms with Crippen molar-refractivity contribution < 1.29 is 14.3 Å². The predicted molar refractivity (Wildman–Crippen MR) is 121 cm³/mol. The van der Waals surface area contributed by atoms with Crippen LogP contribution < -0.4 is 21.5 Å². The maximum absolute atomic E-state index is 12.8. The summed E-state index contributed by atoms with van der Waals surface area (Å²) in [6.45, 7) is 9.05. The third kappa shape index (κ3) is 4.56. The van der Waals surface area contributed by atoms with Crippen molar-refractivity contribution in [1.82, 2.24) is 19.2 Å². The number of ether oxygens (including phenoxy) is 1. The van der Waals surface area contributed by atoms with Gasteiger partial charge in [-0.25, -0.2) is 9.78 Å². The molecule has 170 valence electrons. The fraction of sp³-hybridized carbons (Fsp3) is 0.381. The van der Waals surface area contributed by atoms with Gasteiger partial charge in [-0.3, -0.25) is 14.5 Å². The Morgan fingerprint density at radius 2 is 1.97 bits per heavy atom. The number of hydrogen-bond acceptors (Lipinski definition) is 7. The molecule has 0 aliphatic heterocycles. The number of nitrogens with two attached hydrogens (primary N) is 1. The van der Waals surface area contributed by atoms with E-state index in [0.29, 0.717) is 0 Å². The van der Waals surface area contributed by atoms with Gasteiger partial charge in [0, 0.05) is 25.4 Å². The van der Waals surface area contributed by atoms with Crippen molar-refractivity contribution in [2.24, 2.45) is 5.73 Å². The highest BCUT2D eigenvalue weighted by Gasteiger charge is 2.25. The summed E-state index contributed by atoms with van der Waals surface area (Å²) in [5, 5.41) is 7.13. The highest BCUT2D eigenvalue weighted by atomic mass is 16.6. The van der Waals surface area contributed by atoms with Crippen molar-refractivity contribution in [3.8, 4) is 0 Å². The van der Waals surface area contributed by atoms with Crippen molar-refractivity contribution >= 4 is 35.0 Å². The molecule has 0 unspecified atom stereocenters. The quantitative estimate of drug-likeness (QED) is 0.621. The second-order valence-electron chi connectivity index (χ2n) is 8.55. The first-order valence-corrected chi connectivity index (χ1v) is 10.0. The van der Waals surface area contributed by atoms with Crippen molar-refractivity contribution in [1.29, 1.82) is 0 Å². The summed E-state index contributed by atoms with van der Waals surface area (Å²) in [6, 6.07) is 4.85. The van der Waals surface area contributed by atoms with Crippen molar-refractivity contribution in [2.45, 2.75) is 46.3 Å². The van der Waals surface area contributed by atoms with Gasteiger partial charge in [0.05, 0.1) is 6.20 Å². The molecule has 3 aromatic rings. The van der Waals surface area contributed by atoms with Crippen LogP contribution in [0.15, 0.2) is 35.4 Å². The number of nitrogens with one attached hydrogen (secondary N) is 1. The van der Waals surface area contributed by atoms with Gasteiger partial charge in [0.1, 0.15) is 28.5 Å². The lowest BCUT2D eigenvalue weighted by molar-refractivity contribution is 0.0587. The number of anilines is 3. The molecule has 0 aromatic carbocycles. The molecule has 2 amide bonds. The number of carbonyl (C=O) groups is 2. The number of fused-ring (bicyclic) bond motifs is 1. The number of hydrogen-bond donors (Lipinski definition) is 2. The number of carbonyl (C=O) groups excluding carboxylic acids is 2. The van der Waals surface area contributed by atoms with Crippen LogP contribution >= 0.6 is 0 Å². The zero-order valence-electron chi connectivity index (χ0n) is 18.9. The van der Waals surface area contributed by atoms with Gasteiger partial charge < -0.3 is 20.4 Å². The smallest absolute Gasteiger partial charge is 0.415 e. The third-order valence-corrected chi connectivity index (χ3v) is 4.52. The van der Waals surface area contributed by atoms with Crippen molar-refractivity contribution in [3.63, 3.8) is 0 Å². The summed E-state index contributed by atoms with van der Waals surface area (Å²) >= 11 is 0. The van der Waals surface area contributed by atoms with E-state index < -0.39 is 17.6 Å². The first kappa shape index (κ1) is 22.8. The van der Waals surface area contributed by atoms with E-state index in [4.69, 9.17) is 10.5 Å². The number of aromatic nitrogens is 4. The van der Waals surface area contributed by atoms with Crippen molar-refractivity contribution in [2.75, 3.05) is 17.3 Å². The second kappa shape index (κ2) is 8.33. The molecule has 0 saturated heterocycles. The summed E-state index contributed by atoms with van der Waals surface area (Å²) in [6.07, 6.45) is 2.34. The molecule has 0 spiro atoms. The molecule has 11 nitrogen and oxygen atoms in total. The second-order valence-corrected chi connectivity index (χ2v) is 8.55. The number of primary amides is 1. The van der Waals surface area contributed by atoms with Crippen LogP contribution in [0.5, 0.6) is 0 Å². The molecule has 3 N–H and O–H groups in total. The minimum Gasteiger partial charge on any atom is -0.443 e. The van der Waals surface area contributed by atoms with Crippen LogP contribution in [-0.4, -0.2) is 43.8 Å². The van der Waals surface area contributed by atoms with E-state index in [2.05, 4.69) is 15.4 Å². The molecule has 3 aromatic heterocycles. The van der Waals surface area contributed by atoms with Crippen LogP contribution in [0.25, 0.3) is 5.65 Å². The van der Waals surface area contributed by atoms with E-state index in [0.717, 1.165) is 0 Å². The maximum atomic E-state index is 12.8. The Morgan fingerprint density at radius 1 is 1.28 bits per heavy atom. The zero-order chi connectivity index (χ0) is 23.8. The topological polar surface area (TPSA) is 137 Å². The Labute approximate surface area is 184 Å². The van der Waals surface area contributed by atoms with Gasteiger partial charge in [-0.15, -0.1) is 0 Å². The average molecular weight is 441 g/mol. The normalized spacial score (nSPS) is 11.6. The fourth-order valence-corrected chi connectivity index (χ4v) is 3.00. The van der Waals surface area contributed by atoms with E-state index >= 15 is 0 Å². The molecule has 3 rings (SSSR count). The van der Waals surface area contributed by atoms with E-state index in [9.17, 15) is 14.4 Å². The van der Waals surface area contributed by atoms with E-state index in [1.54, 1.807) is 43.7 Å². The molecular weight excluding hydrogens is 414 g/mol. The highest BCUT2D eigenvalue weighted by molar-refractivity contribution is 5.99. The minimum absolute atomic E-state index is 0.0372. The standard InChI is InChI=1S/C21H27N7O4/c1-12(2)27-9-7-8-14(19(27)30)24-15-10-16(26(6)20(31)32-21(3,4)5)28-18(25-15)13(11-23-28)17(22)29/h7-12H,1-6H3,(H2,22,29)(H,24,25). The lowest BCUT2D eigenvalue weighted by atomic mass is 10.2. The first-order valence-electron chi connectivity index (χ1n) is 10.0. The molecule has 0 atom stereocenters. The Morgan fingerprint density at radius 3 is 2.56 bits per heavy atom. The number of pyridine rings is 1. The zero-order valence-corrected chi connectivity index (χ0v) is 18.9. The molecule has 0 aliphatic rings. The van der Waals surface area contributed by atoms with Gasteiger partial charge in [-0.2, -0.15) is 9.61 Å². The van der Waals surface area contributed by atoms with Crippen LogP contribution in [-0.2, 0) is 4.74 Å². The SMILES string of the molecule is CC(C)n1cccc(Nc2cc(N(C)C(=O)OC(C)(C)C)n3ncc(C(N)=O)c3n2)c1=O. The lowest BCUT2D eigenvalue weighted by Crippen LogP contribution is -2.35. The van der Waals surface area contributed by atoms with Crippen LogP contribution in [0.4, 0.5) is 22.1 Å². The van der Waals surface area contributed by atoms with Gasteiger partial charge >= 0.3 is 6.09 Å². The van der Waals surface area contributed by atoms with Gasteiger partial charge in [0.25, 0.3) is 11.5 Å². The molecule has 32 heavy (non-hydrogen) atoms. The molecule has 0 fully saturated rings. The molecule has 3 heterocycles. The van der Waals surface area contributed by atoms with Crippen molar-refractivity contribution in [3.05, 3.63) is 46.5 Å².